The van der Waals surface area contributed by atoms with E-state index >= 15 is 0 Å². The molecule has 27 heavy (non-hydrogen) atoms. The van der Waals surface area contributed by atoms with E-state index in [0.717, 1.165) is 58.4 Å². The topological polar surface area (TPSA) is 32.8 Å². The molecule has 0 bridgehead atoms. The molecule has 1 heterocycles. The van der Waals surface area contributed by atoms with Gasteiger partial charge in [0, 0.05) is 45.3 Å². The van der Waals surface area contributed by atoms with Gasteiger partial charge in [0.15, 0.2) is 0 Å². The second-order valence-electron chi connectivity index (χ2n) is 8.01. The van der Waals surface area contributed by atoms with Crippen molar-refractivity contribution in [3.05, 3.63) is 29.3 Å². The van der Waals surface area contributed by atoms with Crippen LogP contribution in [0.1, 0.15) is 57.6 Å². The fourth-order valence-electron chi connectivity index (χ4n) is 4.28. The van der Waals surface area contributed by atoms with E-state index in [1.807, 2.05) is 0 Å². The van der Waals surface area contributed by atoms with Crippen LogP contribution in [0.15, 0.2) is 18.2 Å². The summed E-state index contributed by atoms with van der Waals surface area (Å²) in [5, 5.41) is 0. The van der Waals surface area contributed by atoms with Crippen molar-refractivity contribution in [2.45, 2.75) is 66.4 Å². The molecular formula is C23H38N2O2. The van der Waals surface area contributed by atoms with Gasteiger partial charge in [-0.2, -0.15) is 0 Å². The molecule has 0 radical (unpaired) electrons. The third-order valence-electron chi connectivity index (χ3n) is 5.98. The first-order chi connectivity index (χ1) is 12.9. The van der Waals surface area contributed by atoms with Crippen molar-refractivity contribution in [1.82, 2.24) is 4.90 Å². The van der Waals surface area contributed by atoms with Gasteiger partial charge in [0.05, 0.1) is 0 Å². The maximum Gasteiger partial charge on any atom is 0.302 e. The first-order valence-electron chi connectivity index (χ1n) is 10.6. The number of carbonyl (C=O) groups excluding carboxylic acids is 1. The average Bonchev–Trinajstić information content (AvgIpc) is 2.64. The lowest BCUT2D eigenvalue weighted by molar-refractivity contribution is -0.147. The highest BCUT2D eigenvalue weighted by Crippen LogP contribution is 2.26. The summed E-state index contributed by atoms with van der Waals surface area (Å²) >= 11 is 0. The summed E-state index contributed by atoms with van der Waals surface area (Å²) in [4.78, 5) is 16.5. The maximum absolute atomic E-state index is 11.5. The predicted octanol–water partition coefficient (Wildman–Crippen LogP) is 4.57. The van der Waals surface area contributed by atoms with Crippen LogP contribution in [-0.2, 0) is 9.53 Å². The molecule has 0 saturated carbocycles. The lowest BCUT2D eigenvalue weighted by Gasteiger charge is -2.38. The quantitative estimate of drug-likeness (QED) is 0.593. The van der Waals surface area contributed by atoms with Crippen molar-refractivity contribution >= 4 is 11.7 Å². The molecule has 1 fully saturated rings. The Morgan fingerprint density at radius 2 is 1.67 bits per heavy atom. The molecule has 4 nitrogen and oxygen atoms in total. The van der Waals surface area contributed by atoms with E-state index in [-0.39, 0.29) is 12.1 Å². The van der Waals surface area contributed by atoms with Gasteiger partial charge in [0.1, 0.15) is 6.10 Å². The molecule has 0 spiro atoms. The number of hydrogen-bond donors (Lipinski definition) is 0. The number of ether oxygens (including phenoxy) is 1. The van der Waals surface area contributed by atoms with Gasteiger partial charge >= 0.3 is 5.97 Å². The predicted molar refractivity (Wildman–Crippen MR) is 113 cm³/mol. The smallest absolute Gasteiger partial charge is 0.302 e. The Bertz CT molecular complexity index is 570. The Morgan fingerprint density at radius 3 is 2.19 bits per heavy atom. The van der Waals surface area contributed by atoms with Crippen LogP contribution in [0.3, 0.4) is 0 Å². The number of carbonyl (C=O) groups is 1. The number of aryl methyl sites for hydroxylation is 2. The van der Waals surface area contributed by atoms with E-state index in [2.05, 4.69) is 55.7 Å². The van der Waals surface area contributed by atoms with E-state index in [1.165, 1.54) is 23.7 Å². The Labute approximate surface area is 165 Å². The van der Waals surface area contributed by atoms with Gasteiger partial charge in [-0.3, -0.25) is 9.69 Å². The van der Waals surface area contributed by atoms with Gasteiger partial charge in [-0.1, -0.05) is 44.9 Å². The van der Waals surface area contributed by atoms with Crippen molar-refractivity contribution in [2.24, 2.45) is 5.92 Å². The molecule has 0 aromatic heterocycles. The van der Waals surface area contributed by atoms with Crippen molar-refractivity contribution in [3.8, 4) is 0 Å². The molecule has 0 aliphatic carbocycles. The fourth-order valence-corrected chi connectivity index (χ4v) is 4.28. The van der Waals surface area contributed by atoms with Crippen LogP contribution in [0.4, 0.5) is 5.69 Å². The van der Waals surface area contributed by atoms with Crippen molar-refractivity contribution < 1.29 is 9.53 Å². The lowest BCUT2D eigenvalue weighted by atomic mass is 9.94. The molecule has 0 amide bonds. The first-order valence-corrected chi connectivity index (χ1v) is 10.6. The summed E-state index contributed by atoms with van der Waals surface area (Å²) in [5.41, 5.74) is 4.13. The Hall–Kier alpha value is -1.55. The van der Waals surface area contributed by atoms with Crippen LogP contribution in [0.5, 0.6) is 0 Å². The van der Waals surface area contributed by atoms with E-state index < -0.39 is 0 Å². The maximum atomic E-state index is 11.5. The van der Waals surface area contributed by atoms with E-state index in [9.17, 15) is 4.79 Å². The molecular weight excluding hydrogens is 336 g/mol. The van der Waals surface area contributed by atoms with Crippen molar-refractivity contribution in [1.29, 1.82) is 0 Å². The second kappa shape index (κ2) is 10.7. The third kappa shape index (κ3) is 6.53. The molecule has 1 aliphatic rings. The van der Waals surface area contributed by atoms with Gasteiger partial charge in [0.2, 0.25) is 0 Å². The zero-order valence-electron chi connectivity index (χ0n) is 18.0. The van der Waals surface area contributed by atoms with Crippen LogP contribution in [0.2, 0.25) is 0 Å². The molecule has 1 unspecified atom stereocenters. The normalized spacial score (nSPS) is 16.6. The zero-order valence-corrected chi connectivity index (χ0v) is 18.0. The number of nitrogens with zero attached hydrogens (tertiary/aromatic N) is 2. The molecule has 1 aliphatic heterocycles. The summed E-state index contributed by atoms with van der Waals surface area (Å²) < 4.78 is 5.62. The molecule has 1 aromatic rings. The minimum Gasteiger partial charge on any atom is -0.463 e. The standard InChI is InChI=1S/C23H38N2O2/c1-6-21(7-2)17-22(27-20(5)26)11-12-24-13-15-25(16-14-24)23-18(3)9-8-10-19(23)4/h8-10,21-22H,6-7,11-17H2,1-5H3. The van der Waals surface area contributed by atoms with Crippen molar-refractivity contribution in [3.63, 3.8) is 0 Å². The zero-order chi connectivity index (χ0) is 19.8. The highest BCUT2D eigenvalue weighted by molar-refractivity contribution is 5.66. The summed E-state index contributed by atoms with van der Waals surface area (Å²) in [7, 11) is 0. The number of para-hydroxylation sites is 1. The minimum absolute atomic E-state index is 0.0593. The lowest BCUT2D eigenvalue weighted by Crippen LogP contribution is -2.47. The minimum atomic E-state index is -0.147. The van der Waals surface area contributed by atoms with Crippen LogP contribution < -0.4 is 4.90 Å². The molecule has 152 valence electrons. The largest absolute Gasteiger partial charge is 0.463 e. The number of esters is 1. The van der Waals surface area contributed by atoms with Gasteiger partial charge in [-0.15, -0.1) is 0 Å². The molecule has 2 rings (SSSR count). The van der Waals surface area contributed by atoms with Crippen LogP contribution in [-0.4, -0.2) is 49.7 Å². The van der Waals surface area contributed by atoms with E-state index in [4.69, 9.17) is 4.74 Å². The van der Waals surface area contributed by atoms with Crippen LogP contribution in [0.25, 0.3) is 0 Å². The Balaban J connectivity index is 1.85. The summed E-state index contributed by atoms with van der Waals surface area (Å²) in [6, 6.07) is 6.55. The second-order valence-corrected chi connectivity index (χ2v) is 8.01. The molecule has 1 atom stereocenters. The number of hydrogen-bond acceptors (Lipinski definition) is 4. The molecule has 0 N–H and O–H groups in total. The molecule has 1 saturated heterocycles. The summed E-state index contributed by atoms with van der Waals surface area (Å²) in [6.07, 6.45) is 4.31. The average molecular weight is 375 g/mol. The summed E-state index contributed by atoms with van der Waals surface area (Å²) in [5.74, 6) is 0.501. The highest BCUT2D eigenvalue weighted by Gasteiger charge is 2.22. The van der Waals surface area contributed by atoms with Crippen molar-refractivity contribution in [2.75, 3.05) is 37.6 Å². The van der Waals surface area contributed by atoms with Gasteiger partial charge < -0.3 is 9.64 Å². The Kier molecular flexibility index (Phi) is 8.62. The number of anilines is 1. The number of piperazine rings is 1. The molecule has 1 aromatic carbocycles. The van der Waals surface area contributed by atoms with Gasteiger partial charge in [-0.25, -0.2) is 0 Å². The monoisotopic (exact) mass is 374 g/mol. The first kappa shape index (κ1) is 21.7. The van der Waals surface area contributed by atoms with Crippen LogP contribution >= 0.6 is 0 Å². The number of rotatable bonds is 9. The van der Waals surface area contributed by atoms with Gasteiger partial charge in [0.25, 0.3) is 0 Å². The SMILES string of the molecule is CCC(CC)CC(CCN1CCN(c2c(C)cccc2C)CC1)OC(C)=O. The Morgan fingerprint density at radius 1 is 1.07 bits per heavy atom. The highest BCUT2D eigenvalue weighted by atomic mass is 16.5. The van der Waals surface area contributed by atoms with Gasteiger partial charge in [-0.05, 0) is 43.7 Å². The third-order valence-corrected chi connectivity index (χ3v) is 5.98. The fraction of sp³-hybridized carbons (Fsp3) is 0.696. The number of benzene rings is 1. The van der Waals surface area contributed by atoms with E-state index in [1.54, 1.807) is 0 Å². The summed E-state index contributed by atoms with van der Waals surface area (Å²) in [6.45, 7) is 15.7. The van der Waals surface area contributed by atoms with Crippen LogP contribution in [0, 0.1) is 19.8 Å². The van der Waals surface area contributed by atoms with E-state index in [0.29, 0.717) is 5.92 Å². The molecule has 4 heteroatoms.